The molecule has 0 aliphatic rings. The average Bonchev–Trinajstić information content (AvgIpc) is 2.47. The van der Waals surface area contributed by atoms with Crippen LogP contribution in [0.2, 0.25) is 0 Å². The first-order chi connectivity index (χ1) is 10.4. The van der Waals surface area contributed by atoms with Crippen molar-refractivity contribution in [1.82, 2.24) is 0 Å². The topological polar surface area (TPSA) is 46.5 Å². The summed E-state index contributed by atoms with van der Waals surface area (Å²) in [6.45, 7) is 12.5. The molecule has 1 aromatic rings. The quantitative estimate of drug-likeness (QED) is 0.433. The van der Waals surface area contributed by atoms with Crippen molar-refractivity contribution in [1.29, 1.82) is 0 Å². The number of hydrogen-bond acceptors (Lipinski definition) is 3. The molecule has 0 heterocycles. The van der Waals surface area contributed by atoms with E-state index >= 15 is 0 Å². The lowest BCUT2D eigenvalue weighted by Gasteiger charge is -2.38. The van der Waals surface area contributed by atoms with Gasteiger partial charge in [-0.1, -0.05) is 36.9 Å². The summed E-state index contributed by atoms with van der Waals surface area (Å²) in [7, 11) is 0. The number of quaternary nitrogens is 1. The maximum atomic E-state index is 11.5. The summed E-state index contributed by atoms with van der Waals surface area (Å²) in [6, 6.07) is 10.2. The second-order valence-electron chi connectivity index (χ2n) is 5.97. The number of aliphatic hydroxyl groups is 1. The molecule has 1 rings (SSSR count). The van der Waals surface area contributed by atoms with Crippen LogP contribution in [0, 0.1) is 0 Å². The number of aliphatic hydroxyl groups excluding tert-OH is 1. The van der Waals surface area contributed by atoms with Gasteiger partial charge < -0.3 is 14.3 Å². The van der Waals surface area contributed by atoms with Gasteiger partial charge in [-0.05, 0) is 20.8 Å². The van der Waals surface area contributed by atoms with E-state index in [2.05, 4.69) is 25.6 Å². The summed E-state index contributed by atoms with van der Waals surface area (Å²) >= 11 is 0. The van der Waals surface area contributed by atoms with Gasteiger partial charge in [0.2, 0.25) is 0 Å². The molecule has 4 nitrogen and oxygen atoms in total. The normalized spacial score (nSPS) is 14.9. The minimum atomic E-state index is -0.402. The highest BCUT2D eigenvalue weighted by Crippen LogP contribution is 2.16. The number of hydrogen-bond donors (Lipinski definition) is 1. The average molecular weight is 306 g/mol. The Morgan fingerprint density at radius 1 is 1.36 bits per heavy atom. The van der Waals surface area contributed by atoms with Crippen LogP contribution < -0.4 is 0 Å². The first-order valence-electron chi connectivity index (χ1n) is 7.78. The van der Waals surface area contributed by atoms with E-state index in [0.29, 0.717) is 29.8 Å². The Hall–Kier alpha value is -1.65. The lowest BCUT2D eigenvalue weighted by molar-refractivity contribution is -0.941. The van der Waals surface area contributed by atoms with Gasteiger partial charge in [0.05, 0.1) is 6.54 Å². The van der Waals surface area contributed by atoms with Gasteiger partial charge in [-0.2, -0.15) is 0 Å². The summed E-state index contributed by atoms with van der Waals surface area (Å²) in [5.74, 6) is -0.356. The van der Waals surface area contributed by atoms with Crippen LogP contribution >= 0.6 is 0 Å². The van der Waals surface area contributed by atoms with Crippen molar-refractivity contribution < 1.29 is 19.1 Å². The van der Waals surface area contributed by atoms with Gasteiger partial charge in [0.15, 0.2) is 0 Å². The fourth-order valence-corrected chi connectivity index (χ4v) is 2.62. The molecule has 0 fully saturated rings. The molecule has 4 heteroatoms. The Morgan fingerprint density at radius 2 is 2.00 bits per heavy atom. The van der Waals surface area contributed by atoms with Crippen LogP contribution in [0.5, 0.6) is 0 Å². The Bertz CT molecular complexity index is 484. The zero-order chi connectivity index (χ0) is 16.6. The number of carbonyl (C=O) groups is 1. The number of benzene rings is 1. The predicted octanol–water partition coefficient (Wildman–Crippen LogP) is 2.52. The van der Waals surface area contributed by atoms with Gasteiger partial charge in [0.1, 0.15) is 32.3 Å². The van der Waals surface area contributed by atoms with Crippen molar-refractivity contribution in [3.63, 3.8) is 0 Å². The van der Waals surface area contributed by atoms with Crippen molar-refractivity contribution >= 4 is 5.97 Å². The molecule has 0 aromatic heterocycles. The Morgan fingerprint density at radius 3 is 2.50 bits per heavy atom. The molecule has 0 bridgehead atoms. The Labute approximate surface area is 133 Å². The molecular formula is C18H28NO3+. The van der Waals surface area contributed by atoms with Crippen LogP contribution in [-0.2, 0) is 16.1 Å². The van der Waals surface area contributed by atoms with Crippen molar-refractivity contribution in [3.8, 4) is 0 Å². The third-order valence-corrected chi connectivity index (χ3v) is 3.83. The van der Waals surface area contributed by atoms with Crippen molar-refractivity contribution in [2.45, 2.75) is 33.4 Å². The maximum Gasteiger partial charge on any atom is 0.333 e. The van der Waals surface area contributed by atoms with Crippen LogP contribution in [0.1, 0.15) is 26.3 Å². The summed E-state index contributed by atoms with van der Waals surface area (Å²) in [6.07, 6.45) is -0.402. The lowest BCUT2D eigenvalue weighted by atomic mass is 10.1. The van der Waals surface area contributed by atoms with E-state index in [1.54, 1.807) is 13.8 Å². The third kappa shape index (κ3) is 6.00. The van der Waals surface area contributed by atoms with Crippen molar-refractivity contribution in [3.05, 3.63) is 48.0 Å². The maximum absolute atomic E-state index is 11.5. The number of ether oxygens (including phenoxy) is 1. The van der Waals surface area contributed by atoms with Crippen molar-refractivity contribution in [2.75, 3.05) is 26.2 Å². The summed E-state index contributed by atoms with van der Waals surface area (Å²) in [5.41, 5.74) is 1.63. The molecule has 122 valence electrons. The van der Waals surface area contributed by atoms with Crippen LogP contribution in [0.4, 0.5) is 0 Å². The van der Waals surface area contributed by atoms with Crippen LogP contribution in [0.15, 0.2) is 42.5 Å². The van der Waals surface area contributed by atoms with E-state index in [4.69, 9.17) is 4.74 Å². The molecule has 0 aliphatic heterocycles. The highest BCUT2D eigenvalue weighted by atomic mass is 16.5. The van der Waals surface area contributed by atoms with Crippen molar-refractivity contribution in [2.24, 2.45) is 0 Å². The molecule has 2 atom stereocenters. The standard InChI is InChI=1S/C18H28NO3/c1-5-19(13-16(4)20,11-12-22-18(21)15(2)3)14-17-9-7-6-8-10-17/h6-10,16,20H,2,5,11-14H2,1,3-4H3/q+1. The summed E-state index contributed by atoms with van der Waals surface area (Å²) < 4.78 is 5.93. The zero-order valence-electron chi connectivity index (χ0n) is 13.9. The van der Waals surface area contributed by atoms with Gasteiger partial charge >= 0.3 is 5.97 Å². The number of esters is 1. The molecule has 0 aliphatic carbocycles. The fraction of sp³-hybridized carbons (Fsp3) is 0.500. The monoisotopic (exact) mass is 306 g/mol. The fourth-order valence-electron chi connectivity index (χ4n) is 2.62. The number of rotatable bonds is 9. The van der Waals surface area contributed by atoms with Gasteiger partial charge in [0.25, 0.3) is 0 Å². The number of nitrogens with zero attached hydrogens (tertiary/aromatic N) is 1. The Kier molecular flexibility index (Phi) is 7.28. The van der Waals surface area contributed by atoms with Crippen LogP contribution in [0.3, 0.4) is 0 Å². The summed E-state index contributed by atoms with van der Waals surface area (Å²) in [5, 5.41) is 9.86. The van der Waals surface area contributed by atoms with Gasteiger partial charge in [-0.15, -0.1) is 0 Å². The minimum absolute atomic E-state index is 0.332. The van der Waals surface area contributed by atoms with E-state index in [1.807, 2.05) is 18.2 Å². The molecule has 0 spiro atoms. The van der Waals surface area contributed by atoms with E-state index in [1.165, 1.54) is 5.56 Å². The molecule has 1 aromatic carbocycles. The van der Waals surface area contributed by atoms with E-state index in [9.17, 15) is 9.90 Å². The van der Waals surface area contributed by atoms with E-state index in [0.717, 1.165) is 13.1 Å². The largest absolute Gasteiger partial charge is 0.456 e. The van der Waals surface area contributed by atoms with E-state index in [-0.39, 0.29) is 5.97 Å². The molecular weight excluding hydrogens is 278 g/mol. The molecule has 0 radical (unpaired) electrons. The van der Waals surface area contributed by atoms with Crippen LogP contribution in [0.25, 0.3) is 0 Å². The molecule has 22 heavy (non-hydrogen) atoms. The highest BCUT2D eigenvalue weighted by Gasteiger charge is 2.28. The second kappa shape index (κ2) is 8.71. The second-order valence-corrected chi connectivity index (χ2v) is 5.97. The Balaban J connectivity index is 2.77. The third-order valence-electron chi connectivity index (χ3n) is 3.83. The molecule has 2 unspecified atom stereocenters. The molecule has 1 N–H and O–H groups in total. The molecule has 0 saturated carbocycles. The summed E-state index contributed by atoms with van der Waals surface area (Å²) in [4.78, 5) is 11.5. The van der Waals surface area contributed by atoms with E-state index < -0.39 is 6.10 Å². The van der Waals surface area contributed by atoms with Gasteiger partial charge in [-0.3, -0.25) is 0 Å². The smallest absolute Gasteiger partial charge is 0.333 e. The highest BCUT2D eigenvalue weighted by molar-refractivity contribution is 5.86. The van der Waals surface area contributed by atoms with Crippen LogP contribution in [-0.4, -0.2) is 47.9 Å². The number of likely N-dealkylation sites (N-methyl/N-ethyl adjacent to an activating group) is 1. The first kappa shape index (κ1) is 18.4. The molecule has 0 saturated heterocycles. The lowest BCUT2D eigenvalue weighted by Crippen LogP contribution is -2.52. The number of carbonyl (C=O) groups excluding carboxylic acids is 1. The predicted molar refractivity (Wildman–Crippen MR) is 88.1 cm³/mol. The SMILES string of the molecule is C=C(C)C(=O)OCC[N+](CC)(Cc1ccccc1)CC(C)O. The molecule has 0 amide bonds. The van der Waals surface area contributed by atoms with Gasteiger partial charge in [0, 0.05) is 11.1 Å². The van der Waals surface area contributed by atoms with Gasteiger partial charge in [-0.25, -0.2) is 4.79 Å². The minimum Gasteiger partial charge on any atom is -0.456 e. The zero-order valence-corrected chi connectivity index (χ0v) is 13.9. The first-order valence-corrected chi connectivity index (χ1v) is 7.78.